The molecule has 7 nitrogen and oxygen atoms in total. The van der Waals surface area contributed by atoms with E-state index in [2.05, 4.69) is 25.9 Å². The van der Waals surface area contributed by atoms with E-state index < -0.39 is 5.92 Å². The highest BCUT2D eigenvalue weighted by Gasteiger charge is 2.26. The van der Waals surface area contributed by atoms with E-state index in [1.165, 1.54) is 0 Å². The predicted octanol–water partition coefficient (Wildman–Crippen LogP) is 2.17. The van der Waals surface area contributed by atoms with Crippen LogP contribution in [-0.4, -0.2) is 33.6 Å². The number of nitrogens with one attached hydrogen (secondary N) is 2. The average molecular weight is 323 g/mol. The van der Waals surface area contributed by atoms with Crippen LogP contribution in [0.15, 0.2) is 54.6 Å². The Morgan fingerprint density at radius 2 is 1.92 bits per heavy atom. The fraction of sp³-hybridized carbons (Fsp3) is 0.176. The van der Waals surface area contributed by atoms with Crippen molar-refractivity contribution in [1.82, 2.24) is 20.6 Å². The molecule has 0 radical (unpaired) electrons. The number of carbonyl (C=O) groups is 1. The van der Waals surface area contributed by atoms with Gasteiger partial charge in [0.25, 0.3) is 0 Å². The topological polar surface area (TPSA) is 92.8 Å². The molecular formula is C17H17N5O2. The Morgan fingerprint density at radius 3 is 2.62 bits per heavy atom. The molecule has 0 saturated carbocycles. The number of nitrogens with zero attached hydrogens (tertiary/aromatic N) is 3. The SMILES string of the molecule is COc1ccccc1C[C@H](C(=O)Nc1ccccc1)c1nn[nH]n1. The van der Waals surface area contributed by atoms with E-state index in [9.17, 15) is 4.79 Å². The number of ether oxygens (including phenoxy) is 1. The molecule has 3 aromatic rings. The van der Waals surface area contributed by atoms with Gasteiger partial charge in [0, 0.05) is 5.69 Å². The van der Waals surface area contributed by atoms with Gasteiger partial charge in [-0.05, 0) is 30.2 Å². The molecule has 2 aromatic carbocycles. The Balaban J connectivity index is 1.85. The van der Waals surface area contributed by atoms with Crippen molar-refractivity contribution in [3.63, 3.8) is 0 Å². The third-order valence-corrected chi connectivity index (χ3v) is 3.65. The maximum atomic E-state index is 12.7. The van der Waals surface area contributed by atoms with Gasteiger partial charge in [-0.3, -0.25) is 4.79 Å². The number of benzene rings is 2. The second-order valence-corrected chi connectivity index (χ2v) is 5.19. The first-order valence-corrected chi connectivity index (χ1v) is 7.49. The van der Waals surface area contributed by atoms with E-state index in [1.54, 1.807) is 7.11 Å². The summed E-state index contributed by atoms with van der Waals surface area (Å²) in [5, 5.41) is 16.8. The zero-order chi connectivity index (χ0) is 16.8. The molecule has 0 aliphatic rings. The lowest BCUT2D eigenvalue weighted by Crippen LogP contribution is -2.24. The average Bonchev–Trinajstić information content (AvgIpc) is 3.15. The summed E-state index contributed by atoms with van der Waals surface area (Å²) in [6.07, 6.45) is 0.405. The number of hydrogen-bond acceptors (Lipinski definition) is 5. The second-order valence-electron chi connectivity index (χ2n) is 5.19. The van der Waals surface area contributed by atoms with Crippen LogP contribution in [0.4, 0.5) is 5.69 Å². The molecule has 24 heavy (non-hydrogen) atoms. The van der Waals surface area contributed by atoms with Gasteiger partial charge in [0.2, 0.25) is 5.91 Å². The molecule has 0 aliphatic carbocycles. The van der Waals surface area contributed by atoms with E-state index in [-0.39, 0.29) is 5.91 Å². The van der Waals surface area contributed by atoms with Gasteiger partial charge in [-0.2, -0.15) is 5.21 Å². The monoisotopic (exact) mass is 323 g/mol. The van der Waals surface area contributed by atoms with Crippen molar-refractivity contribution in [3.8, 4) is 5.75 Å². The van der Waals surface area contributed by atoms with Crippen LogP contribution < -0.4 is 10.1 Å². The normalized spacial score (nSPS) is 11.7. The number of anilines is 1. The summed E-state index contributed by atoms with van der Waals surface area (Å²) in [4.78, 5) is 12.7. The third kappa shape index (κ3) is 3.57. The van der Waals surface area contributed by atoms with Gasteiger partial charge in [-0.15, -0.1) is 10.2 Å². The lowest BCUT2D eigenvalue weighted by Gasteiger charge is -2.15. The molecule has 0 aliphatic heterocycles. The van der Waals surface area contributed by atoms with Gasteiger partial charge in [-0.1, -0.05) is 41.6 Å². The van der Waals surface area contributed by atoms with Crippen molar-refractivity contribution in [1.29, 1.82) is 0 Å². The number of tetrazole rings is 1. The second kappa shape index (κ2) is 7.36. The maximum absolute atomic E-state index is 12.7. The first kappa shape index (κ1) is 15.7. The Hall–Kier alpha value is -3.22. The Kier molecular flexibility index (Phi) is 4.81. The van der Waals surface area contributed by atoms with Crippen LogP contribution in [0.2, 0.25) is 0 Å². The third-order valence-electron chi connectivity index (χ3n) is 3.65. The minimum atomic E-state index is -0.583. The van der Waals surface area contributed by atoms with Crippen molar-refractivity contribution < 1.29 is 9.53 Å². The quantitative estimate of drug-likeness (QED) is 0.725. The summed E-state index contributed by atoms with van der Waals surface area (Å²) in [6, 6.07) is 16.8. The van der Waals surface area contributed by atoms with Crippen LogP contribution >= 0.6 is 0 Å². The largest absolute Gasteiger partial charge is 0.496 e. The van der Waals surface area contributed by atoms with Gasteiger partial charge in [0.05, 0.1) is 7.11 Å². The molecule has 0 saturated heterocycles. The summed E-state index contributed by atoms with van der Waals surface area (Å²) in [5.41, 5.74) is 1.62. The van der Waals surface area contributed by atoms with Crippen LogP contribution in [0.5, 0.6) is 5.75 Å². The van der Waals surface area contributed by atoms with Crippen molar-refractivity contribution in [2.24, 2.45) is 0 Å². The smallest absolute Gasteiger partial charge is 0.235 e. The summed E-state index contributed by atoms with van der Waals surface area (Å²) in [5.74, 6) is 0.279. The molecule has 2 N–H and O–H groups in total. The number of para-hydroxylation sites is 2. The fourth-order valence-corrected chi connectivity index (χ4v) is 2.46. The Labute approximate surface area is 139 Å². The van der Waals surface area contributed by atoms with Gasteiger partial charge in [0.1, 0.15) is 11.7 Å². The molecular weight excluding hydrogens is 306 g/mol. The van der Waals surface area contributed by atoms with Gasteiger partial charge in [-0.25, -0.2) is 0 Å². The molecule has 122 valence electrons. The number of aromatic nitrogens is 4. The van der Waals surface area contributed by atoms with Crippen LogP contribution in [-0.2, 0) is 11.2 Å². The number of H-pyrrole nitrogens is 1. The molecule has 3 rings (SSSR count). The van der Waals surface area contributed by atoms with Crippen LogP contribution in [0.25, 0.3) is 0 Å². The molecule has 7 heteroatoms. The lowest BCUT2D eigenvalue weighted by atomic mass is 9.97. The Bertz CT molecular complexity index is 790. The number of methoxy groups -OCH3 is 1. The number of carbonyl (C=O) groups excluding carboxylic acids is 1. The molecule has 0 unspecified atom stereocenters. The van der Waals surface area contributed by atoms with E-state index in [0.717, 1.165) is 17.0 Å². The molecule has 0 fully saturated rings. The van der Waals surface area contributed by atoms with E-state index in [0.29, 0.717) is 12.2 Å². The minimum absolute atomic E-state index is 0.200. The highest BCUT2D eigenvalue weighted by atomic mass is 16.5. The summed E-state index contributed by atoms with van der Waals surface area (Å²) < 4.78 is 5.37. The van der Waals surface area contributed by atoms with Crippen molar-refractivity contribution in [2.45, 2.75) is 12.3 Å². The van der Waals surface area contributed by atoms with Crippen LogP contribution in [0, 0.1) is 0 Å². The van der Waals surface area contributed by atoms with Crippen LogP contribution in [0.1, 0.15) is 17.3 Å². The highest BCUT2D eigenvalue weighted by molar-refractivity contribution is 5.95. The molecule has 1 heterocycles. The van der Waals surface area contributed by atoms with Crippen molar-refractivity contribution >= 4 is 11.6 Å². The number of aromatic amines is 1. The van der Waals surface area contributed by atoms with E-state index in [4.69, 9.17) is 4.74 Å². The number of rotatable bonds is 6. The molecule has 0 bridgehead atoms. The van der Waals surface area contributed by atoms with Crippen LogP contribution in [0.3, 0.4) is 0 Å². The number of amides is 1. The molecule has 1 aromatic heterocycles. The predicted molar refractivity (Wildman–Crippen MR) is 88.7 cm³/mol. The molecule has 0 spiro atoms. The lowest BCUT2D eigenvalue weighted by molar-refractivity contribution is -0.117. The first-order chi connectivity index (χ1) is 11.8. The molecule has 1 amide bonds. The van der Waals surface area contributed by atoms with Gasteiger partial charge in [0.15, 0.2) is 5.82 Å². The standard InChI is InChI=1S/C17H17N5O2/c1-24-15-10-6-5-7-12(15)11-14(16-19-21-22-20-16)17(23)18-13-8-3-2-4-9-13/h2-10,14H,11H2,1H3,(H,18,23)(H,19,20,21,22)/t14-/m0/s1. The van der Waals surface area contributed by atoms with E-state index >= 15 is 0 Å². The first-order valence-electron chi connectivity index (χ1n) is 7.49. The van der Waals surface area contributed by atoms with Gasteiger partial charge < -0.3 is 10.1 Å². The van der Waals surface area contributed by atoms with E-state index in [1.807, 2.05) is 54.6 Å². The summed E-state index contributed by atoms with van der Waals surface area (Å²) >= 11 is 0. The summed E-state index contributed by atoms with van der Waals surface area (Å²) in [7, 11) is 1.60. The van der Waals surface area contributed by atoms with Crippen molar-refractivity contribution in [3.05, 3.63) is 66.0 Å². The number of hydrogen-bond donors (Lipinski definition) is 2. The fourth-order valence-electron chi connectivity index (χ4n) is 2.46. The minimum Gasteiger partial charge on any atom is -0.496 e. The zero-order valence-electron chi connectivity index (χ0n) is 13.1. The molecule has 1 atom stereocenters. The zero-order valence-corrected chi connectivity index (χ0v) is 13.1. The van der Waals surface area contributed by atoms with Gasteiger partial charge >= 0.3 is 0 Å². The Morgan fingerprint density at radius 1 is 1.17 bits per heavy atom. The highest BCUT2D eigenvalue weighted by Crippen LogP contribution is 2.25. The maximum Gasteiger partial charge on any atom is 0.235 e. The summed E-state index contributed by atoms with van der Waals surface area (Å²) in [6.45, 7) is 0. The van der Waals surface area contributed by atoms with Crippen molar-refractivity contribution in [2.75, 3.05) is 12.4 Å².